The smallest absolute Gasteiger partial charge is 0.410 e. The maximum absolute atomic E-state index is 12.3. The van der Waals surface area contributed by atoms with Gasteiger partial charge in [0.25, 0.3) is 0 Å². The first kappa shape index (κ1) is 15.3. The van der Waals surface area contributed by atoms with Crippen molar-refractivity contribution in [3.05, 3.63) is 30.1 Å². The Morgan fingerprint density at radius 1 is 1.36 bits per heavy atom. The van der Waals surface area contributed by atoms with E-state index >= 15 is 0 Å². The molecule has 1 aromatic rings. The highest BCUT2D eigenvalue weighted by Crippen LogP contribution is 2.29. The lowest BCUT2D eigenvalue weighted by Crippen LogP contribution is -2.48. The number of rotatable bonds is 3. The zero-order chi connectivity index (χ0) is 15.5. The molecule has 3 aliphatic heterocycles. The SMILES string of the molecule is CC(C)OC(=O)N1C[C@H]2CC[C@@H]1CN(Cc1cccnc1)C2. The molecule has 2 atom stereocenters. The summed E-state index contributed by atoms with van der Waals surface area (Å²) in [5, 5.41) is 0. The Hall–Kier alpha value is -1.62. The quantitative estimate of drug-likeness (QED) is 0.861. The minimum Gasteiger partial charge on any atom is -0.447 e. The maximum atomic E-state index is 12.3. The predicted octanol–water partition coefficient (Wildman–Crippen LogP) is 2.52. The van der Waals surface area contributed by atoms with Crippen molar-refractivity contribution < 1.29 is 9.53 Å². The van der Waals surface area contributed by atoms with Crippen LogP contribution in [-0.4, -0.2) is 52.7 Å². The molecule has 0 saturated carbocycles. The highest BCUT2D eigenvalue weighted by molar-refractivity contribution is 5.68. The molecule has 1 aromatic heterocycles. The van der Waals surface area contributed by atoms with Gasteiger partial charge in [0, 0.05) is 44.6 Å². The van der Waals surface area contributed by atoms with Crippen LogP contribution >= 0.6 is 0 Å². The fourth-order valence-corrected chi connectivity index (χ4v) is 3.55. The molecule has 4 heterocycles. The number of nitrogens with zero attached hydrogens (tertiary/aromatic N) is 3. The van der Waals surface area contributed by atoms with Crippen molar-refractivity contribution >= 4 is 6.09 Å². The lowest BCUT2D eigenvalue weighted by molar-refractivity contribution is 0.0487. The first-order valence-electron chi connectivity index (χ1n) is 8.20. The fraction of sp³-hybridized carbons (Fsp3) is 0.647. The Morgan fingerprint density at radius 3 is 2.95 bits per heavy atom. The predicted molar refractivity (Wildman–Crippen MR) is 84.3 cm³/mol. The molecular formula is C17H25N3O2. The van der Waals surface area contributed by atoms with Crippen molar-refractivity contribution in [1.29, 1.82) is 0 Å². The molecule has 0 N–H and O–H groups in total. The molecule has 120 valence electrons. The van der Waals surface area contributed by atoms with Crippen LogP contribution in [-0.2, 0) is 11.3 Å². The average Bonchev–Trinajstić information content (AvgIpc) is 2.78. The number of amides is 1. The van der Waals surface area contributed by atoms with Crippen LogP contribution in [0.1, 0.15) is 32.3 Å². The molecule has 4 rings (SSSR count). The second-order valence-corrected chi connectivity index (χ2v) is 6.74. The summed E-state index contributed by atoms with van der Waals surface area (Å²) in [6, 6.07) is 4.38. The largest absolute Gasteiger partial charge is 0.447 e. The lowest BCUT2D eigenvalue weighted by atomic mass is 9.95. The standard InChI is InChI=1S/C17H25N3O2/c1-13(2)22-17(21)20-11-15-5-6-16(20)12-19(10-15)9-14-4-3-7-18-8-14/h3-4,7-8,13,15-16H,5-6,9-12H2,1-2H3/t15-,16+/m0/s1. The van der Waals surface area contributed by atoms with E-state index in [9.17, 15) is 4.79 Å². The maximum Gasteiger partial charge on any atom is 0.410 e. The molecule has 3 saturated heterocycles. The Labute approximate surface area is 132 Å². The van der Waals surface area contributed by atoms with Gasteiger partial charge < -0.3 is 9.64 Å². The Morgan fingerprint density at radius 2 is 2.23 bits per heavy atom. The van der Waals surface area contributed by atoms with Crippen molar-refractivity contribution in [2.45, 2.75) is 45.4 Å². The summed E-state index contributed by atoms with van der Waals surface area (Å²) in [5.41, 5.74) is 1.24. The van der Waals surface area contributed by atoms with Gasteiger partial charge in [0.1, 0.15) is 0 Å². The van der Waals surface area contributed by atoms with Gasteiger partial charge in [-0.15, -0.1) is 0 Å². The van der Waals surface area contributed by atoms with Gasteiger partial charge in [0.15, 0.2) is 0 Å². The van der Waals surface area contributed by atoms with E-state index in [4.69, 9.17) is 4.74 Å². The Bertz CT molecular complexity index is 506. The van der Waals surface area contributed by atoms with Crippen LogP contribution in [0.2, 0.25) is 0 Å². The fourth-order valence-electron chi connectivity index (χ4n) is 3.55. The third-order valence-electron chi connectivity index (χ3n) is 4.49. The molecule has 3 fully saturated rings. The molecule has 0 aliphatic carbocycles. The van der Waals surface area contributed by atoms with E-state index in [0.717, 1.165) is 32.6 Å². The topological polar surface area (TPSA) is 45.7 Å². The van der Waals surface area contributed by atoms with Gasteiger partial charge in [-0.2, -0.15) is 0 Å². The normalized spacial score (nSPS) is 25.3. The molecule has 5 heteroatoms. The van der Waals surface area contributed by atoms with Crippen LogP contribution in [0.5, 0.6) is 0 Å². The lowest BCUT2D eigenvalue weighted by Gasteiger charge is -2.35. The third-order valence-corrected chi connectivity index (χ3v) is 4.49. The second kappa shape index (κ2) is 6.65. The number of carbonyl (C=O) groups excluding carboxylic acids is 1. The van der Waals surface area contributed by atoms with Gasteiger partial charge in [-0.05, 0) is 44.2 Å². The van der Waals surface area contributed by atoms with Crippen LogP contribution in [0, 0.1) is 5.92 Å². The number of pyridine rings is 1. The highest BCUT2D eigenvalue weighted by atomic mass is 16.6. The Kier molecular flexibility index (Phi) is 4.62. The summed E-state index contributed by atoms with van der Waals surface area (Å²) in [6.45, 7) is 7.54. The number of aromatic nitrogens is 1. The van der Waals surface area contributed by atoms with Gasteiger partial charge >= 0.3 is 6.09 Å². The van der Waals surface area contributed by atoms with Crippen LogP contribution in [0.15, 0.2) is 24.5 Å². The van der Waals surface area contributed by atoms with E-state index < -0.39 is 0 Å². The van der Waals surface area contributed by atoms with E-state index in [1.807, 2.05) is 31.0 Å². The molecular weight excluding hydrogens is 278 g/mol. The molecule has 3 aliphatic rings. The van der Waals surface area contributed by atoms with Gasteiger partial charge in [-0.25, -0.2) is 4.79 Å². The molecule has 0 unspecified atom stereocenters. The summed E-state index contributed by atoms with van der Waals surface area (Å²) in [6.07, 6.45) is 5.83. The van der Waals surface area contributed by atoms with Crippen molar-refractivity contribution in [2.24, 2.45) is 5.92 Å². The number of fused-ring (bicyclic) bond motifs is 4. The molecule has 0 radical (unpaired) electrons. The molecule has 1 amide bonds. The summed E-state index contributed by atoms with van der Waals surface area (Å²) >= 11 is 0. The third kappa shape index (κ3) is 3.58. The van der Waals surface area contributed by atoms with Crippen LogP contribution in [0.3, 0.4) is 0 Å². The number of piperidine rings is 1. The minimum absolute atomic E-state index is 0.0548. The molecule has 22 heavy (non-hydrogen) atoms. The van der Waals surface area contributed by atoms with Crippen molar-refractivity contribution in [1.82, 2.24) is 14.8 Å². The number of hydrogen-bond acceptors (Lipinski definition) is 4. The summed E-state index contributed by atoms with van der Waals surface area (Å²) in [7, 11) is 0. The molecule has 2 bridgehead atoms. The van der Waals surface area contributed by atoms with Gasteiger partial charge in [-0.3, -0.25) is 9.88 Å². The van der Waals surface area contributed by atoms with Gasteiger partial charge in [-0.1, -0.05) is 6.07 Å². The minimum atomic E-state index is -0.145. The molecule has 0 spiro atoms. The molecule has 0 aromatic carbocycles. The van der Waals surface area contributed by atoms with Gasteiger partial charge in [0.05, 0.1) is 6.10 Å². The van der Waals surface area contributed by atoms with E-state index in [0.29, 0.717) is 5.92 Å². The van der Waals surface area contributed by atoms with Crippen LogP contribution < -0.4 is 0 Å². The van der Waals surface area contributed by atoms with Crippen molar-refractivity contribution in [2.75, 3.05) is 19.6 Å². The summed E-state index contributed by atoms with van der Waals surface area (Å²) < 4.78 is 5.41. The first-order valence-corrected chi connectivity index (χ1v) is 8.20. The van der Waals surface area contributed by atoms with E-state index in [-0.39, 0.29) is 18.2 Å². The average molecular weight is 303 g/mol. The first-order chi connectivity index (χ1) is 10.6. The van der Waals surface area contributed by atoms with E-state index in [1.165, 1.54) is 12.0 Å². The number of ether oxygens (including phenoxy) is 1. The summed E-state index contributed by atoms with van der Waals surface area (Å²) in [5.74, 6) is 0.551. The zero-order valence-electron chi connectivity index (χ0n) is 13.4. The van der Waals surface area contributed by atoms with Crippen LogP contribution in [0.25, 0.3) is 0 Å². The number of hydrogen-bond donors (Lipinski definition) is 0. The van der Waals surface area contributed by atoms with Crippen LogP contribution in [0.4, 0.5) is 4.79 Å². The summed E-state index contributed by atoms with van der Waals surface area (Å²) in [4.78, 5) is 20.9. The Balaban J connectivity index is 1.66. The molecule has 5 nitrogen and oxygen atoms in total. The highest BCUT2D eigenvalue weighted by Gasteiger charge is 2.38. The van der Waals surface area contributed by atoms with Crippen molar-refractivity contribution in [3.63, 3.8) is 0 Å². The van der Waals surface area contributed by atoms with Crippen molar-refractivity contribution in [3.8, 4) is 0 Å². The monoisotopic (exact) mass is 303 g/mol. The van der Waals surface area contributed by atoms with Gasteiger partial charge in [0.2, 0.25) is 0 Å². The van der Waals surface area contributed by atoms with E-state index in [1.54, 1.807) is 6.20 Å². The van der Waals surface area contributed by atoms with E-state index in [2.05, 4.69) is 16.0 Å². The second-order valence-electron chi connectivity index (χ2n) is 6.74. The number of carbonyl (C=O) groups is 1. The zero-order valence-corrected chi connectivity index (χ0v) is 13.4.